The molecule has 20 heavy (non-hydrogen) atoms. The summed E-state index contributed by atoms with van der Waals surface area (Å²) in [4.78, 5) is 9.44. The van der Waals surface area contributed by atoms with Crippen molar-refractivity contribution in [2.45, 2.75) is 39.8 Å². The Balaban J connectivity index is 3.16. The first-order chi connectivity index (χ1) is 9.42. The summed E-state index contributed by atoms with van der Waals surface area (Å²) in [6.07, 6.45) is -1.47. The monoisotopic (exact) mass is 290 g/mol. The lowest BCUT2D eigenvalue weighted by Crippen LogP contribution is -2.35. The molecule has 0 aliphatic carbocycles. The molecule has 4 nitrogen and oxygen atoms in total. The summed E-state index contributed by atoms with van der Waals surface area (Å²) in [7, 11) is 0. The minimum Gasteiger partial charge on any atom is -0.370 e. The van der Waals surface area contributed by atoms with Crippen LogP contribution in [0.25, 0.3) is 0 Å². The van der Waals surface area contributed by atoms with Crippen molar-refractivity contribution in [2.24, 2.45) is 0 Å². The molecule has 0 aliphatic heterocycles. The minimum atomic E-state index is -4.25. The second-order valence-corrected chi connectivity index (χ2v) is 4.43. The molecular formula is C13H21F3N4. The molecule has 1 rings (SSSR count). The molecule has 0 atom stereocenters. The molecule has 0 saturated heterocycles. The largest absolute Gasteiger partial charge is 0.405 e. The number of halogens is 3. The number of nitrogens with one attached hydrogen (secondary N) is 1. The van der Waals surface area contributed by atoms with Crippen LogP contribution in [0.4, 0.5) is 24.8 Å². The quantitative estimate of drug-likeness (QED) is 0.837. The van der Waals surface area contributed by atoms with Gasteiger partial charge in [0.1, 0.15) is 24.5 Å². The van der Waals surface area contributed by atoms with E-state index in [1.807, 2.05) is 13.8 Å². The van der Waals surface area contributed by atoms with Gasteiger partial charge in [0.2, 0.25) is 0 Å². The van der Waals surface area contributed by atoms with Crippen LogP contribution in [-0.2, 0) is 6.42 Å². The van der Waals surface area contributed by atoms with Crippen molar-refractivity contribution in [3.63, 3.8) is 0 Å². The van der Waals surface area contributed by atoms with Gasteiger partial charge in [0, 0.05) is 18.7 Å². The summed E-state index contributed by atoms with van der Waals surface area (Å²) in [5, 5.41) is 3.08. The van der Waals surface area contributed by atoms with E-state index in [4.69, 9.17) is 0 Å². The van der Waals surface area contributed by atoms with Gasteiger partial charge in [0.05, 0.1) is 0 Å². The molecule has 0 aromatic carbocycles. The van der Waals surface area contributed by atoms with Gasteiger partial charge < -0.3 is 10.2 Å². The molecule has 0 spiro atoms. The van der Waals surface area contributed by atoms with E-state index in [0.717, 1.165) is 12.0 Å². The van der Waals surface area contributed by atoms with E-state index in [1.54, 1.807) is 6.92 Å². The predicted molar refractivity (Wildman–Crippen MR) is 74.1 cm³/mol. The highest BCUT2D eigenvalue weighted by Gasteiger charge is 2.32. The molecule has 0 radical (unpaired) electrons. The molecular weight excluding hydrogens is 269 g/mol. The van der Waals surface area contributed by atoms with Crippen LogP contribution >= 0.6 is 0 Å². The third kappa shape index (κ3) is 4.54. The van der Waals surface area contributed by atoms with Gasteiger partial charge in [-0.15, -0.1) is 0 Å². The number of anilines is 2. The molecule has 7 heteroatoms. The molecule has 0 fully saturated rings. The first-order valence-corrected chi connectivity index (χ1v) is 6.82. The number of nitrogens with zero attached hydrogens (tertiary/aromatic N) is 3. The van der Waals surface area contributed by atoms with Crippen molar-refractivity contribution < 1.29 is 13.2 Å². The molecule has 1 heterocycles. The first kappa shape index (κ1) is 16.5. The van der Waals surface area contributed by atoms with Crippen LogP contribution in [0.3, 0.4) is 0 Å². The van der Waals surface area contributed by atoms with Gasteiger partial charge in [0.25, 0.3) is 0 Å². The van der Waals surface area contributed by atoms with Crippen LogP contribution in [0.1, 0.15) is 32.8 Å². The predicted octanol–water partition coefficient (Wildman–Crippen LogP) is 3.25. The third-order valence-corrected chi connectivity index (χ3v) is 2.82. The maximum absolute atomic E-state index is 12.6. The van der Waals surface area contributed by atoms with E-state index in [2.05, 4.69) is 15.3 Å². The van der Waals surface area contributed by atoms with Gasteiger partial charge in [-0.25, -0.2) is 9.97 Å². The van der Waals surface area contributed by atoms with Crippen molar-refractivity contribution in [3.8, 4) is 0 Å². The standard InChI is InChI=1S/C13H21F3N4/c1-4-7-10-11(17-5-2)18-9-19-12(10)20(6-3)8-13(14,15)16/h9H,4-8H2,1-3H3,(H,17,18,19). The molecule has 1 aromatic heterocycles. The van der Waals surface area contributed by atoms with Crippen LogP contribution in [0.5, 0.6) is 0 Å². The Kier molecular flexibility index (Phi) is 6.04. The van der Waals surface area contributed by atoms with Gasteiger partial charge in [-0.05, 0) is 20.3 Å². The van der Waals surface area contributed by atoms with Crippen molar-refractivity contribution in [3.05, 3.63) is 11.9 Å². The first-order valence-electron chi connectivity index (χ1n) is 6.82. The zero-order valence-electron chi connectivity index (χ0n) is 12.1. The third-order valence-electron chi connectivity index (χ3n) is 2.82. The van der Waals surface area contributed by atoms with E-state index in [1.165, 1.54) is 11.2 Å². The van der Waals surface area contributed by atoms with Gasteiger partial charge in [-0.3, -0.25) is 0 Å². The van der Waals surface area contributed by atoms with Gasteiger partial charge in [-0.2, -0.15) is 13.2 Å². The number of aromatic nitrogens is 2. The summed E-state index contributed by atoms with van der Waals surface area (Å²) in [5.41, 5.74) is 0.753. The summed E-state index contributed by atoms with van der Waals surface area (Å²) in [5.74, 6) is 0.998. The van der Waals surface area contributed by atoms with Crippen LogP contribution in [0, 0.1) is 0 Å². The number of alkyl halides is 3. The van der Waals surface area contributed by atoms with E-state index in [-0.39, 0.29) is 6.54 Å². The number of hydrogen-bond acceptors (Lipinski definition) is 4. The summed E-state index contributed by atoms with van der Waals surface area (Å²) in [6.45, 7) is 5.51. The lowest BCUT2D eigenvalue weighted by Gasteiger charge is -2.26. The lowest BCUT2D eigenvalue weighted by molar-refractivity contribution is -0.119. The molecule has 0 saturated carbocycles. The minimum absolute atomic E-state index is 0.249. The maximum Gasteiger partial charge on any atom is 0.405 e. The Bertz CT molecular complexity index is 421. The SMILES string of the molecule is CCCc1c(NCC)ncnc1N(CC)CC(F)(F)F. The van der Waals surface area contributed by atoms with Crippen LogP contribution in [0.2, 0.25) is 0 Å². The van der Waals surface area contributed by atoms with Crippen LogP contribution in [0.15, 0.2) is 6.33 Å². The summed E-state index contributed by atoms with van der Waals surface area (Å²) < 4.78 is 37.9. The fraction of sp³-hybridized carbons (Fsp3) is 0.692. The maximum atomic E-state index is 12.6. The van der Waals surface area contributed by atoms with Crippen molar-refractivity contribution in [1.29, 1.82) is 0 Å². The molecule has 0 aliphatic rings. The summed E-state index contributed by atoms with van der Waals surface area (Å²) >= 11 is 0. The van der Waals surface area contributed by atoms with Crippen molar-refractivity contribution >= 4 is 11.6 Å². The second kappa shape index (κ2) is 7.31. The molecule has 0 amide bonds. The zero-order chi connectivity index (χ0) is 15.2. The topological polar surface area (TPSA) is 41.1 Å². The smallest absolute Gasteiger partial charge is 0.370 e. The van der Waals surface area contributed by atoms with E-state index < -0.39 is 12.7 Å². The van der Waals surface area contributed by atoms with Gasteiger partial charge in [-0.1, -0.05) is 13.3 Å². The normalized spacial score (nSPS) is 11.5. The second-order valence-electron chi connectivity index (χ2n) is 4.43. The van der Waals surface area contributed by atoms with Crippen molar-refractivity contribution in [1.82, 2.24) is 9.97 Å². The zero-order valence-corrected chi connectivity index (χ0v) is 12.1. The van der Waals surface area contributed by atoms with E-state index in [0.29, 0.717) is 24.6 Å². The molecule has 0 unspecified atom stereocenters. The molecule has 0 bridgehead atoms. The Labute approximate surface area is 117 Å². The Morgan fingerprint density at radius 1 is 1.20 bits per heavy atom. The fourth-order valence-electron chi connectivity index (χ4n) is 2.03. The Hall–Kier alpha value is -1.53. The number of hydrogen-bond donors (Lipinski definition) is 1. The van der Waals surface area contributed by atoms with E-state index >= 15 is 0 Å². The highest BCUT2D eigenvalue weighted by atomic mass is 19.4. The average molecular weight is 290 g/mol. The fourth-order valence-corrected chi connectivity index (χ4v) is 2.03. The lowest BCUT2D eigenvalue weighted by atomic mass is 10.1. The number of rotatable bonds is 7. The summed E-state index contributed by atoms with van der Waals surface area (Å²) in [6, 6.07) is 0. The van der Waals surface area contributed by atoms with Gasteiger partial charge >= 0.3 is 6.18 Å². The van der Waals surface area contributed by atoms with E-state index in [9.17, 15) is 13.2 Å². The Morgan fingerprint density at radius 3 is 2.40 bits per heavy atom. The van der Waals surface area contributed by atoms with Gasteiger partial charge in [0.15, 0.2) is 0 Å². The Morgan fingerprint density at radius 2 is 1.90 bits per heavy atom. The van der Waals surface area contributed by atoms with Crippen molar-refractivity contribution in [2.75, 3.05) is 29.9 Å². The average Bonchev–Trinajstić information content (AvgIpc) is 2.37. The molecule has 114 valence electrons. The molecule has 1 N–H and O–H groups in total. The van der Waals surface area contributed by atoms with Crippen LogP contribution in [-0.4, -0.2) is 35.8 Å². The van der Waals surface area contributed by atoms with Crippen LogP contribution < -0.4 is 10.2 Å². The molecule has 1 aromatic rings. The highest BCUT2D eigenvalue weighted by molar-refractivity contribution is 5.59. The highest BCUT2D eigenvalue weighted by Crippen LogP contribution is 2.27.